The van der Waals surface area contributed by atoms with Gasteiger partial charge in [-0.2, -0.15) is 5.10 Å². The van der Waals surface area contributed by atoms with E-state index >= 15 is 0 Å². The fourth-order valence-electron chi connectivity index (χ4n) is 3.61. The number of rotatable bonds is 6. The predicted molar refractivity (Wildman–Crippen MR) is 104 cm³/mol. The Morgan fingerprint density at radius 1 is 1.24 bits per heavy atom. The number of benzene rings is 2. The minimum atomic E-state index is -0.450. The van der Waals surface area contributed by atoms with E-state index in [0.29, 0.717) is 29.2 Å². The molecule has 2 aromatic carbocycles. The number of halogens is 1. The van der Waals surface area contributed by atoms with Crippen molar-refractivity contribution in [3.8, 4) is 28.4 Å². The maximum Gasteiger partial charge on any atom is 0.272 e. The van der Waals surface area contributed by atoms with Crippen LogP contribution in [0.2, 0.25) is 0 Å². The van der Waals surface area contributed by atoms with Gasteiger partial charge < -0.3 is 19.9 Å². The lowest BCUT2D eigenvalue weighted by molar-refractivity contribution is 0.0938. The van der Waals surface area contributed by atoms with Gasteiger partial charge in [-0.05, 0) is 29.8 Å². The molecule has 0 unspecified atom stereocenters. The molecular formula is C21H20FN3O4. The molecule has 7 nitrogen and oxygen atoms in total. The van der Waals surface area contributed by atoms with Crippen molar-refractivity contribution >= 4 is 5.91 Å². The minimum Gasteiger partial charge on any atom is -0.493 e. The molecule has 0 spiro atoms. The van der Waals surface area contributed by atoms with Crippen molar-refractivity contribution in [3.05, 3.63) is 59.0 Å². The summed E-state index contributed by atoms with van der Waals surface area (Å²) < 4.78 is 26.8. The zero-order valence-corrected chi connectivity index (χ0v) is 16.0. The van der Waals surface area contributed by atoms with E-state index in [4.69, 9.17) is 14.6 Å². The second-order valence-electron chi connectivity index (χ2n) is 6.56. The summed E-state index contributed by atoms with van der Waals surface area (Å²) in [4.78, 5) is 12.6. The first-order valence-corrected chi connectivity index (χ1v) is 9.10. The van der Waals surface area contributed by atoms with Crippen molar-refractivity contribution in [1.82, 2.24) is 15.1 Å². The molecule has 3 aromatic rings. The molecule has 0 fully saturated rings. The number of nitrogens with one attached hydrogen (secondary N) is 1. The molecule has 1 amide bonds. The summed E-state index contributed by atoms with van der Waals surface area (Å²) >= 11 is 0. The first kappa shape index (κ1) is 18.9. The first-order chi connectivity index (χ1) is 14.1. The van der Waals surface area contributed by atoms with Crippen molar-refractivity contribution in [1.29, 1.82) is 0 Å². The standard InChI is InChI=1S/C21H20FN3O4/c1-28-17-10-12-9-14-19(21(27)23-7-8-26)24-25(16-6-4-3-5-15(16)22)20(14)13(12)11-18(17)29-2/h3-6,10-11,26H,7-9H2,1-2H3,(H,23,27). The molecule has 2 N–H and O–H groups in total. The van der Waals surface area contributed by atoms with E-state index in [-0.39, 0.29) is 24.5 Å². The number of aromatic nitrogens is 2. The first-order valence-electron chi connectivity index (χ1n) is 9.10. The largest absolute Gasteiger partial charge is 0.493 e. The van der Waals surface area contributed by atoms with Gasteiger partial charge >= 0.3 is 0 Å². The van der Waals surface area contributed by atoms with Gasteiger partial charge in [0, 0.05) is 24.1 Å². The number of nitrogens with zero attached hydrogens (tertiary/aromatic N) is 2. The molecule has 1 aliphatic carbocycles. The van der Waals surface area contributed by atoms with Crippen molar-refractivity contribution < 1.29 is 23.8 Å². The van der Waals surface area contributed by atoms with Gasteiger partial charge in [0.25, 0.3) is 5.91 Å². The minimum absolute atomic E-state index is 0.106. The normalized spacial score (nSPS) is 11.7. The van der Waals surface area contributed by atoms with E-state index in [1.807, 2.05) is 12.1 Å². The van der Waals surface area contributed by atoms with E-state index in [1.54, 1.807) is 32.4 Å². The third-order valence-corrected chi connectivity index (χ3v) is 4.91. The maximum atomic E-state index is 14.6. The average molecular weight is 397 g/mol. The second kappa shape index (κ2) is 7.56. The fourth-order valence-corrected chi connectivity index (χ4v) is 3.61. The Morgan fingerprint density at radius 3 is 2.66 bits per heavy atom. The number of carbonyl (C=O) groups is 1. The van der Waals surface area contributed by atoms with E-state index in [0.717, 1.165) is 11.1 Å². The number of carbonyl (C=O) groups excluding carboxylic acids is 1. The number of ether oxygens (including phenoxy) is 2. The molecule has 29 heavy (non-hydrogen) atoms. The Morgan fingerprint density at radius 2 is 1.97 bits per heavy atom. The van der Waals surface area contributed by atoms with Crippen molar-refractivity contribution in [2.24, 2.45) is 0 Å². The Kier molecular flexibility index (Phi) is 4.94. The number of hydrogen-bond donors (Lipinski definition) is 2. The zero-order valence-electron chi connectivity index (χ0n) is 16.0. The lowest BCUT2D eigenvalue weighted by Gasteiger charge is -2.12. The summed E-state index contributed by atoms with van der Waals surface area (Å²) in [5, 5.41) is 16.1. The molecule has 1 heterocycles. The van der Waals surface area contributed by atoms with Gasteiger partial charge in [0.1, 0.15) is 11.5 Å². The summed E-state index contributed by atoms with van der Waals surface area (Å²) in [6, 6.07) is 9.93. The number of methoxy groups -OCH3 is 2. The van der Waals surface area contributed by atoms with Gasteiger partial charge in [-0.3, -0.25) is 4.79 Å². The summed E-state index contributed by atoms with van der Waals surface area (Å²) in [7, 11) is 3.10. The van der Waals surface area contributed by atoms with Crippen LogP contribution in [0.1, 0.15) is 21.6 Å². The summed E-state index contributed by atoms with van der Waals surface area (Å²) in [5.74, 6) is 0.242. The van der Waals surface area contributed by atoms with Crippen molar-refractivity contribution in [2.75, 3.05) is 27.4 Å². The number of aliphatic hydroxyl groups is 1. The van der Waals surface area contributed by atoms with E-state index < -0.39 is 11.7 Å². The van der Waals surface area contributed by atoms with Gasteiger partial charge in [-0.15, -0.1) is 0 Å². The number of hydrogen-bond acceptors (Lipinski definition) is 5. The maximum absolute atomic E-state index is 14.6. The molecule has 1 aliphatic rings. The van der Waals surface area contributed by atoms with Crippen LogP contribution in [0.5, 0.6) is 11.5 Å². The number of aliphatic hydroxyl groups excluding tert-OH is 1. The van der Waals surface area contributed by atoms with Crippen molar-refractivity contribution in [2.45, 2.75) is 6.42 Å². The highest BCUT2D eigenvalue weighted by Gasteiger charge is 2.32. The van der Waals surface area contributed by atoms with Crippen LogP contribution in [0, 0.1) is 5.82 Å². The summed E-state index contributed by atoms with van der Waals surface area (Å²) in [5.41, 5.74) is 3.50. The number of para-hydroxylation sites is 1. The topological polar surface area (TPSA) is 85.6 Å². The quantitative estimate of drug-likeness (QED) is 0.522. The van der Waals surface area contributed by atoms with Gasteiger partial charge in [-0.25, -0.2) is 9.07 Å². The van der Waals surface area contributed by atoms with E-state index in [1.165, 1.54) is 10.7 Å². The van der Waals surface area contributed by atoms with Crippen LogP contribution < -0.4 is 14.8 Å². The van der Waals surface area contributed by atoms with Crippen LogP contribution >= 0.6 is 0 Å². The van der Waals surface area contributed by atoms with Crippen LogP contribution in [-0.2, 0) is 6.42 Å². The lowest BCUT2D eigenvalue weighted by Crippen LogP contribution is -2.27. The monoisotopic (exact) mass is 397 g/mol. The number of amides is 1. The van der Waals surface area contributed by atoms with E-state index in [2.05, 4.69) is 10.4 Å². The van der Waals surface area contributed by atoms with Crippen LogP contribution in [0.3, 0.4) is 0 Å². The van der Waals surface area contributed by atoms with Gasteiger partial charge in [-0.1, -0.05) is 12.1 Å². The van der Waals surface area contributed by atoms with Gasteiger partial charge in [0.2, 0.25) is 0 Å². The Hall–Kier alpha value is -3.39. The third-order valence-electron chi connectivity index (χ3n) is 4.91. The van der Waals surface area contributed by atoms with Crippen molar-refractivity contribution in [3.63, 3.8) is 0 Å². The molecular weight excluding hydrogens is 377 g/mol. The number of fused-ring (bicyclic) bond motifs is 3. The molecule has 8 heteroatoms. The van der Waals surface area contributed by atoms with Crippen LogP contribution in [0.4, 0.5) is 4.39 Å². The second-order valence-corrected chi connectivity index (χ2v) is 6.56. The van der Waals surface area contributed by atoms with Gasteiger partial charge in [0.15, 0.2) is 17.2 Å². The molecule has 0 saturated heterocycles. The Bertz CT molecular complexity index is 1090. The molecule has 4 rings (SSSR count). The fraction of sp³-hybridized carbons (Fsp3) is 0.238. The average Bonchev–Trinajstić information content (AvgIpc) is 3.28. The molecule has 0 radical (unpaired) electrons. The molecule has 0 aliphatic heterocycles. The lowest BCUT2D eigenvalue weighted by atomic mass is 10.1. The highest BCUT2D eigenvalue weighted by molar-refractivity contribution is 5.97. The smallest absolute Gasteiger partial charge is 0.272 e. The molecule has 150 valence electrons. The van der Waals surface area contributed by atoms with Crippen LogP contribution in [0.25, 0.3) is 16.9 Å². The Balaban J connectivity index is 1.94. The summed E-state index contributed by atoms with van der Waals surface area (Å²) in [6.45, 7) is -0.0780. The Labute approximate surface area is 166 Å². The molecule has 1 aromatic heterocycles. The molecule has 0 saturated carbocycles. The van der Waals surface area contributed by atoms with Crippen LogP contribution in [0.15, 0.2) is 36.4 Å². The third kappa shape index (κ3) is 3.11. The highest BCUT2D eigenvalue weighted by Crippen LogP contribution is 2.44. The predicted octanol–water partition coefficient (Wildman–Crippen LogP) is 2.32. The highest BCUT2D eigenvalue weighted by atomic mass is 19.1. The summed E-state index contributed by atoms with van der Waals surface area (Å²) in [6.07, 6.45) is 0.446. The SMILES string of the molecule is COc1cc2c(cc1OC)-c1c(c(C(=O)NCCO)nn1-c1ccccc1F)C2. The molecule has 0 bridgehead atoms. The zero-order chi connectivity index (χ0) is 20.5. The van der Waals surface area contributed by atoms with Gasteiger partial charge in [0.05, 0.1) is 26.5 Å². The molecule has 0 atom stereocenters. The van der Waals surface area contributed by atoms with Crippen LogP contribution in [-0.4, -0.2) is 48.2 Å². The van der Waals surface area contributed by atoms with E-state index in [9.17, 15) is 9.18 Å².